The first-order valence-corrected chi connectivity index (χ1v) is 8.07. The van der Waals surface area contributed by atoms with E-state index in [0.717, 1.165) is 17.0 Å². The van der Waals surface area contributed by atoms with Crippen LogP contribution >= 0.6 is 0 Å². The zero-order valence-electron chi connectivity index (χ0n) is 14.4. The Hall–Kier alpha value is -2.96. The number of aryl methyl sites for hydroxylation is 2. The minimum atomic E-state index is -0.476. The van der Waals surface area contributed by atoms with E-state index < -0.39 is 6.10 Å². The summed E-state index contributed by atoms with van der Waals surface area (Å²) in [4.78, 5) is 24.1. The van der Waals surface area contributed by atoms with Crippen molar-refractivity contribution in [3.8, 4) is 0 Å². The van der Waals surface area contributed by atoms with Crippen LogP contribution in [0.3, 0.4) is 0 Å². The van der Waals surface area contributed by atoms with Gasteiger partial charge in [0.2, 0.25) is 0 Å². The number of nitrogens with zero attached hydrogens (tertiary/aromatic N) is 3. The number of cyclic esters (lactones) is 1. The maximum Gasteiger partial charge on any atom is 0.339 e. The molecule has 1 aliphatic heterocycles. The summed E-state index contributed by atoms with van der Waals surface area (Å²) in [5.41, 5.74) is 6.32. The van der Waals surface area contributed by atoms with Gasteiger partial charge in [-0.05, 0) is 38.5 Å². The molecular formula is C18H20N4O3. The number of hydrogen-bond donors (Lipinski definition) is 1. The molecule has 2 aromatic rings. The first kappa shape index (κ1) is 16.9. The van der Waals surface area contributed by atoms with Crippen molar-refractivity contribution in [2.24, 2.45) is 5.10 Å². The van der Waals surface area contributed by atoms with E-state index in [2.05, 4.69) is 15.6 Å². The number of benzene rings is 1. The summed E-state index contributed by atoms with van der Waals surface area (Å²) in [5, 5.41) is 8.33. The second kappa shape index (κ2) is 6.88. The van der Waals surface area contributed by atoms with Crippen LogP contribution in [-0.4, -0.2) is 33.5 Å². The summed E-state index contributed by atoms with van der Waals surface area (Å²) in [6.07, 6.45) is 0.0706. The van der Waals surface area contributed by atoms with Crippen molar-refractivity contribution < 1.29 is 14.3 Å². The molecule has 0 bridgehead atoms. The largest absolute Gasteiger partial charge is 0.452 e. The van der Waals surface area contributed by atoms with E-state index in [1.54, 1.807) is 23.7 Å². The third-order valence-electron chi connectivity index (χ3n) is 4.11. The van der Waals surface area contributed by atoms with Gasteiger partial charge in [0.25, 0.3) is 5.91 Å². The molecule has 0 spiro atoms. The highest BCUT2D eigenvalue weighted by molar-refractivity contribution is 5.97. The molecule has 25 heavy (non-hydrogen) atoms. The Kier molecular flexibility index (Phi) is 4.65. The van der Waals surface area contributed by atoms with Crippen molar-refractivity contribution in [3.05, 3.63) is 52.8 Å². The van der Waals surface area contributed by atoms with Crippen LogP contribution in [-0.2, 0) is 22.5 Å². The zero-order chi connectivity index (χ0) is 18.0. The third-order valence-corrected chi connectivity index (χ3v) is 4.11. The smallest absolute Gasteiger partial charge is 0.339 e. The normalized spacial score (nSPS) is 17.0. The van der Waals surface area contributed by atoms with Crippen LogP contribution in [0.25, 0.3) is 0 Å². The lowest BCUT2D eigenvalue weighted by atomic mass is 9.97. The van der Waals surface area contributed by atoms with Crippen molar-refractivity contribution in [2.45, 2.75) is 39.8 Å². The lowest BCUT2D eigenvalue weighted by molar-refractivity contribution is -0.121. The van der Waals surface area contributed by atoms with Crippen LogP contribution in [0.4, 0.5) is 0 Å². The van der Waals surface area contributed by atoms with Gasteiger partial charge in [-0.25, -0.2) is 10.2 Å². The Bertz CT molecular complexity index is 854. The molecule has 1 N–H and O–H groups in total. The van der Waals surface area contributed by atoms with Gasteiger partial charge < -0.3 is 4.74 Å². The van der Waals surface area contributed by atoms with Gasteiger partial charge in [-0.15, -0.1) is 0 Å². The molecule has 7 nitrogen and oxygen atoms in total. The number of aromatic nitrogens is 2. The SMILES string of the molecule is C/C(=N\NC(=O)Cn1nc(C)cc1C)C1Cc2ccccc2C(=O)O1. The van der Waals surface area contributed by atoms with E-state index in [1.165, 1.54) is 0 Å². The van der Waals surface area contributed by atoms with Crippen molar-refractivity contribution in [1.29, 1.82) is 0 Å². The number of esters is 1. The molecule has 0 saturated heterocycles. The maximum atomic E-state index is 12.0. The Morgan fingerprint density at radius 2 is 2.16 bits per heavy atom. The number of nitrogens with one attached hydrogen (secondary N) is 1. The summed E-state index contributed by atoms with van der Waals surface area (Å²) >= 11 is 0. The Morgan fingerprint density at radius 1 is 1.40 bits per heavy atom. The maximum absolute atomic E-state index is 12.0. The molecule has 1 aliphatic rings. The van der Waals surface area contributed by atoms with Crippen molar-refractivity contribution >= 4 is 17.6 Å². The molecule has 0 radical (unpaired) electrons. The van der Waals surface area contributed by atoms with E-state index in [9.17, 15) is 9.59 Å². The molecule has 7 heteroatoms. The van der Waals surface area contributed by atoms with E-state index in [0.29, 0.717) is 17.7 Å². The summed E-state index contributed by atoms with van der Waals surface area (Å²) in [6, 6.07) is 9.24. The van der Waals surface area contributed by atoms with Crippen LogP contribution < -0.4 is 5.43 Å². The predicted octanol–water partition coefficient (Wildman–Crippen LogP) is 1.77. The highest BCUT2D eigenvalue weighted by Gasteiger charge is 2.27. The van der Waals surface area contributed by atoms with Crippen molar-refractivity contribution in [1.82, 2.24) is 15.2 Å². The second-order valence-corrected chi connectivity index (χ2v) is 6.13. The molecule has 2 heterocycles. The van der Waals surface area contributed by atoms with Crippen LogP contribution in [0, 0.1) is 13.8 Å². The van der Waals surface area contributed by atoms with Crippen molar-refractivity contribution in [3.63, 3.8) is 0 Å². The molecule has 130 valence electrons. The molecule has 0 fully saturated rings. The fraction of sp³-hybridized carbons (Fsp3) is 0.333. The number of carbonyl (C=O) groups excluding carboxylic acids is 2. The average molecular weight is 340 g/mol. The summed E-state index contributed by atoms with van der Waals surface area (Å²) in [6.45, 7) is 5.58. The molecule has 0 aliphatic carbocycles. The van der Waals surface area contributed by atoms with Gasteiger partial charge >= 0.3 is 5.97 Å². The molecule has 1 aromatic carbocycles. The third kappa shape index (κ3) is 3.76. The van der Waals surface area contributed by atoms with Gasteiger partial charge in [0.1, 0.15) is 12.6 Å². The molecule has 1 atom stereocenters. The topological polar surface area (TPSA) is 85.6 Å². The molecule has 3 rings (SSSR count). The van der Waals surface area contributed by atoms with Crippen LogP contribution in [0.1, 0.15) is 34.2 Å². The Morgan fingerprint density at radius 3 is 2.88 bits per heavy atom. The van der Waals surface area contributed by atoms with Crippen LogP contribution in [0.2, 0.25) is 0 Å². The fourth-order valence-corrected chi connectivity index (χ4v) is 2.79. The first-order chi connectivity index (χ1) is 11.9. The number of ether oxygens (including phenoxy) is 1. The summed E-state index contributed by atoms with van der Waals surface area (Å²) < 4.78 is 7.03. The van der Waals surface area contributed by atoms with E-state index in [1.807, 2.05) is 32.0 Å². The molecule has 1 aromatic heterocycles. The lowest BCUT2D eigenvalue weighted by Gasteiger charge is -2.24. The van der Waals surface area contributed by atoms with Crippen LogP contribution in [0.15, 0.2) is 35.4 Å². The zero-order valence-corrected chi connectivity index (χ0v) is 14.4. The van der Waals surface area contributed by atoms with E-state index in [-0.39, 0.29) is 18.4 Å². The number of amides is 1. The molecule has 1 amide bonds. The summed E-state index contributed by atoms with van der Waals surface area (Å²) in [7, 11) is 0. The number of carbonyl (C=O) groups is 2. The number of rotatable bonds is 4. The minimum Gasteiger partial charge on any atom is -0.452 e. The van der Waals surface area contributed by atoms with Crippen LogP contribution in [0.5, 0.6) is 0 Å². The molecular weight excluding hydrogens is 320 g/mol. The van der Waals surface area contributed by atoms with E-state index in [4.69, 9.17) is 4.74 Å². The number of hydrogen-bond acceptors (Lipinski definition) is 5. The number of fused-ring (bicyclic) bond motifs is 1. The Labute approximate surface area is 145 Å². The van der Waals surface area contributed by atoms with Gasteiger partial charge in [-0.2, -0.15) is 10.2 Å². The first-order valence-electron chi connectivity index (χ1n) is 8.07. The van der Waals surface area contributed by atoms with Gasteiger partial charge in [0.05, 0.1) is 17.0 Å². The van der Waals surface area contributed by atoms with Gasteiger partial charge in [-0.1, -0.05) is 18.2 Å². The predicted molar refractivity (Wildman–Crippen MR) is 92.3 cm³/mol. The fourth-order valence-electron chi connectivity index (χ4n) is 2.79. The molecule has 0 saturated carbocycles. The highest BCUT2D eigenvalue weighted by atomic mass is 16.5. The standard InChI is InChI=1S/C18H20N4O3/c1-11-8-12(2)22(21-11)10-17(23)20-19-13(3)16-9-14-6-4-5-7-15(14)18(24)25-16/h4-8,16H,9-10H2,1-3H3,(H,20,23)/b19-13+. The van der Waals surface area contributed by atoms with Gasteiger partial charge in [0.15, 0.2) is 0 Å². The van der Waals surface area contributed by atoms with E-state index >= 15 is 0 Å². The minimum absolute atomic E-state index is 0.0870. The Balaban J connectivity index is 1.63. The number of hydrazone groups is 1. The lowest BCUT2D eigenvalue weighted by Crippen LogP contribution is -2.35. The average Bonchev–Trinajstić information content (AvgIpc) is 2.89. The second-order valence-electron chi connectivity index (χ2n) is 6.13. The highest BCUT2D eigenvalue weighted by Crippen LogP contribution is 2.21. The monoisotopic (exact) mass is 340 g/mol. The van der Waals surface area contributed by atoms with Gasteiger partial charge in [0, 0.05) is 12.1 Å². The van der Waals surface area contributed by atoms with Gasteiger partial charge in [-0.3, -0.25) is 9.48 Å². The molecule has 1 unspecified atom stereocenters. The quantitative estimate of drug-likeness (QED) is 0.522. The summed E-state index contributed by atoms with van der Waals surface area (Å²) in [5.74, 6) is -0.650. The van der Waals surface area contributed by atoms with Crippen molar-refractivity contribution in [2.75, 3.05) is 0 Å².